The van der Waals surface area contributed by atoms with Gasteiger partial charge in [0.25, 0.3) is 5.91 Å². The predicted octanol–water partition coefficient (Wildman–Crippen LogP) is 2.40. The number of nitro benzene ring substituents is 1. The summed E-state index contributed by atoms with van der Waals surface area (Å²) in [5.41, 5.74) is -0.350. The third-order valence-electron chi connectivity index (χ3n) is 4.74. The van der Waals surface area contributed by atoms with Crippen molar-refractivity contribution < 1.29 is 42.7 Å². The highest BCUT2D eigenvalue weighted by atomic mass is 16.6. The number of furan rings is 1. The van der Waals surface area contributed by atoms with E-state index in [-0.39, 0.29) is 41.7 Å². The fraction of sp³-hybridized carbons (Fsp3) is 0.273. The smallest absolute Gasteiger partial charge is 0.373 e. The van der Waals surface area contributed by atoms with Crippen molar-refractivity contribution in [2.24, 2.45) is 0 Å². The number of hydrogen-bond donors (Lipinski definition) is 1. The molecule has 13 nitrogen and oxygen atoms in total. The molecule has 0 spiro atoms. The van der Waals surface area contributed by atoms with E-state index in [0.29, 0.717) is 0 Å². The number of hydrogen-bond acceptors (Lipinski definition) is 10. The normalized spacial score (nSPS) is 15.1. The zero-order chi connectivity index (χ0) is 25.7. The second kappa shape index (κ2) is 10.5. The van der Waals surface area contributed by atoms with Crippen molar-refractivity contribution in [3.05, 3.63) is 63.2 Å². The van der Waals surface area contributed by atoms with E-state index in [1.165, 1.54) is 44.4 Å². The molecular weight excluding hydrogens is 466 g/mol. The molecule has 1 aromatic carbocycles. The maximum absolute atomic E-state index is 12.7. The molecule has 3 amide bonds. The monoisotopic (exact) mass is 487 g/mol. The minimum atomic E-state index is -1.08. The fourth-order valence-corrected chi connectivity index (χ4v) is 3.08. The first-order chi connectivity index (χ1) is 16.6. The third kappa shape index (κ3) is 5.63. The molecule has 1 aliphatic heterocycles. The quantitative estimate of drug-likeness (QED) is 0.182. The molecule has 1 fully saturated rings. The van der Waals surface area contributed by atoms with Crippen LogP contribution in [-0.2, 0) is 25.6 Å². The standard InChI is InChI=1S/C22H21N3O10/c1-4-33-20(27)12(2)34-17-7-5-13(10-16(17)25(30)31)9-15-19(26)24(22(29)23-15)11-14-6-8-18(35-14)21(28)32-3/h5-10,12H,4,11H2,1-3H3,(H,23,29)/b15-9-/t12-/m0/s1. The Labute approximate surface area is 198 Å². The van der Waals surface area contributed by atoms with Crippen LogP contribution in [-0.4, -0.2) is 53.5 Å². The minimum Gasteiger partial charge on any atom is -0.472 e. The van der Waals surface area contributed by atoms with Gasteiger partial charge in [0.2, 0.25) is 5.76 Å². The lowest BCUT2D eigenvalue weighted by Gasteiger charge is -2.13. The van der Waals surface area contributed by atoms with Gasteiger partial charge in [-0.3, -0.25) is 19.8 Å². The second-order valence-corrected chi connectivity index (χ2v) is 7.13. The molecule has 2 aromatic rings. The van der Waals surface area contributed by atoms with Crippen molar-refractivity contribution in [2.75, 3.05) is 13.7 Å². The van der Waals surface area contributed by atoms with Gasteiger partial charge in [0.1, 0.15) is 11.5 Å². The van der Waals surface area contributed by atoms with Crippen LogP contribution in [0.25, 0.3) is 6.08 Å². The van der Waals surface area contributed by atoms with Crippen molar-refractivity contribution in [2.45, 2.75) is 26.5 Å². The number of methoxy groups -OCH3 is 1. The number of nitrogens with zero attached hydrogens (tertiary/aromatic N) is 2. The number of esters is 2. The van der Waals surface area contributed by atoms with Crippen LogP contribution in [0.15, 0.2) is 40.4 Å². The van der Waals surface area contributed by atoms with Crippen LogP contribution < -0.4 is 10.1 Å². The van der Waals surface area contributed by atoms with Crippen molar-refractivity contribution in [3.63, 3.8) is 0 Å². The third-order valence-corrected chi connectivity index (χ3v) is 4.74. The number of nitrogens with one attached hydrogen (secondary N) is 1. The van der Waals surface area contributed by atoms with Crippen molar-refractivity contribution in [1.29, 1.82) is 0 Å². The van der Waals surface area contributed by atoms with E-state index in [0.717, 1.165) is 11.0 Å². The van der Waals surface area contributed by atoms with Crippen LogP contribution in [0, 0.1) is 10.1 Å². The fourth-order valence-electron chi connectivity index (χ4n) is 3.08. The number of benzene rings is 1. The first kappa shape index (κ1) is 25.0. The summed E-state index contributed by atoms with van der Waals surface area (Å²) in [4.78, 5) is 60.0. The van der Waals surface area contributed by atoms with Gasteiger partial charge in [-0.15, -0.1) is 0 Å². The maximum atomic E-state index is 12.7. The Bertz CT molecular complexity index is 1220. The summed E-state index contributed by atoms with van der Waals surface area (Å²) in [6.07, 6.45) is 0.178. The lowest BCUT2D eigenvalue weighted by atomic mass is 10.1. The summed E-state index contributed by atoms with van der Waals surface area (Å²) in [5, 5.41) is 13.9. The maximum Gasteiger partial charge on any atom is 0.373 e. The highest BCUT2D eigenvalue weighted by molar-refractivity contribution is 6.13. The molecule has 0 radical (unpaired) electrons. The van der Waals surface area contributed by atoms with E-state index in [9.17, 15) is 29.3 Å². The zero-order valence-electron chi connectivity index (χ0n) is 18.9. The Kier molecular flexibility index (Phi) is 7.49. The van der Waals surface area contributed by atoms with Gasteiger partial charge in [-0.05, 0) is 43.7 Å². The van der Waals surface area contributed by atoms with Crippen LogP contribution >= 0.6 is 0 Å². The Morgan fingerprint density at radius 3 is 2.66 bits per heavy atom. The van der Waals surface area contributed by atoms with E-state index in [4.69, 9.17) is 13.9 Å². The number of ether oxygens (including phenoxy) is 3. The molecule has 0 unspecified atom stereocenters. The van der Waals surface area contributed by atoms with E-state index in [1.807, 2.05) is 0 Å². The second-order valence-electron chi connectivity index (χ2n) is 7.13. The summed E-state index contributed by atoms with van der Waals surface area (Å²) in [5.74, 6) is -2.17. The first-order valence-electron chi connectivity index (χ1n) is 10.3. The molecule has 0 aliphatic carbocycles. The summed E-state index contributed by atoms with van der Waals surface area (Å²) in [6.45, 7) is 2.89. The van der Waals surface area contributed by atoms with Crippen LogP contribution in [0.1, 0.15) is 35.7 Å². The summed E-state index contributed by atoms with van der Waals surface area (Å²) in [6, 6.07) is 5.86. The van der Waals surface area contributed by atoms with Crippen LogP contribution in [0.5, 0.6) is 5.75 Å². The largest absolute Gasteiger partial charge is 0.472 e. The summed E-state index contributed by atoms with van der Waals surface area (Å²) < 4.78 is 20.0. The number of carbonyl (C=O) groups excluding carboxylic acids is 4. The molecule has 0 bridgehead atoms. The Balaban J connectivity index is 1.79. The molecule has 184 valence electrons. The molecule has 0 saturated carbocycles. The van der Waals surface area contributed by atoms with Crippen molar-refractivity contribution >= 4 is 35.6 Å². The molecule has 13 heteroatoms. The van der Waals surface area contributed by atoms with E-state index in [1.54, 1.807) is 6.92 Å². The number of urea groups is 1. The van der Waals surface area contributed by atoms with Gasteiger partial charge in [-0.25, -0.2) is 14.4 Å². The van der Waals surface area contributed by atoms with Gasteiger partial charge >= 0.3 is 23.7 Å². The van der Waals surface area contributed by atoms with Gasteiger partial charge < -0.3 is 23.9 Å². The topological polar surface area (TPSA) is 168 Å². The molecule has 2 heterocycles. The zero-order valence-corrected chi connectivity index (χ0v) is 18.9. The summed E-state index contributed by atoms with van der Waals surface area (Å²) >= 11 is 0. The Hall–Kier alpha value is -4.68. The number of nitro groups is 1. The molecule has 1 atom stereocenters. The first-order valence-corrected chi connectivity index (χ1v) is 10.3. The van der Waals surface area contributed by atoms with Crippen LogP contribution in [0.3, 0.4) is 0 Å². The average molecular weight is 487 g/mol. The number of carbonyl (C=O) groups is 4. The Morgan fingerprint density at radius 2 is 2.00 bits per heavy atom. The van der Waals surface area contributed by atoms with E-state index < -0.39 is 40.6 Å². The summed E-state index contributed by atoms with van der Waals surface area (Å²) in [7, 11) is 1.18. The highest BCUT2D eigenvalue weighted by Gasteiger charge is 2.34. The van der Waals surface area contributed by atoms with E-state index >= 15 is 0 Å². The molecule has 1 aromatic heterocycles. The molecule has 3 rings (SSSR count). The van der Waals surface area contributed by atoms with Gasteiger partial charge in [0.15, 0.2) is 11.9 Å². The van der Waals surface area contributed by atoms with Gasteiger partial charge in [-0.1, -0.05) is 6.07 Å². The molecule has 1 aliphatic rings. The lowest BCUT2D eigenvalue weighted by Crippen LogP contribution is -2.30. The van der Waals surface area contributed by atoms with Gasteiger partial charge in [0, 0.05) is 6.07 Å². The van der Waals surface area contributed by atoms with E-state index in [2.05, 4.69) is 10.1 Å². The number of rotatable bonds is 9. The average Bonchev–Trinajstić information content (AvgIpc) is 3.40. The number of imide groups is 1. The van der Waals surface area contributed by atoms with Crippen molar-refractivity contribution in [3.8, 4) is 5.75 Å². The molecular formula is C22H21N3O10. The van der Waals surface area contributed by atoms with Gasteiger partial charge in [0.05, 0.1) is 25.2 Å². The molecule has 1 N–H and O–H groups in total. The Morgan fingerprint density at radius 1 is 1.26 bits per heavy atom. The minimum absolute atomic E-state index is 0.0859. The van der Waals surface area contributed by atoms with Crippen molar-refractivity contribution in [1.82, 2.24) is 10.2 Å². The van der Waals surface area contributed by atoms with Gasteiger partial charge in [-0.2, -0.15) is 0 Å². The lowest BCUT2D eigenvalue weighted by molar-refractivity contribution is -0.386. The van der Waals surface area contributed by atoms with Crippen LogP contribution in [0.2, 0.25) is 0 Å². The molecule has 35 heavy (non-hydrogen) atoms. The SMILES string of the molecule is CCOC(=O)[C@H](C)Oc1ccc(/C=C2\NC(=O)N(Cc3ccc(C(=O)OC)o3)C2=O)cc1[N+](=O)[O-]. The number of amides is 3. The van der Waals surface area contributed by atoms with Crippen LogP contribution in [0.4, 0.5) is 10.5 Å². The highest BCUT2D eigenvalue weighted by Crippen LogP contribution is 2.30. The predicted molar refractivity (Wildman–Crippen MR) is 117 cm³/mol. The molecule has 1 saturated heterocycles.